The number of carbonyl (C=O) groups excluding carboxylic acids is 2. The standard InChI is InChI=1S/2C9H11NO/c2*1-7(11)9-5-3-2-4-8(9)6-10/h2*2-5H,6,10H2,1H3. The minimum Gasteiger partial charge on any atom is -0.326 e. The van der Waals surface area contributed by atoms with E-state index in [1.807, 2.05) is 36.4 Å². The lowest BCUT2D eigenvalue weighted by atomic mass is 10.1. The van der Waals surface area contributed by atoms with E-state index in [0.29, 0.717) is 13.1 Å². The zero-order chi connectivity index (χ0) is 16.5. The molecule has 0 spiro atoms. The summed E-state index contributed by atoms with van der Waals surface area (Å²) in [6.07, 6.45) is 0. The number of nitrogens with two attached hydrogens (primary N) is 2. The molecule has 0 unspecified atom stereocenters. The lowest BCUT2D eigenvalue weighted by Gasteiger charge is -2.01. The molecule has 0 aliphatic heterocycles. The second-order valence-corrected chi connectivity index (χ2v) is 4.83. The van der Waals surface area contributed by atoms with Crippen molar-refractivity contribution in [2.75, 3.05) is 0 Å². The predicted octanol–water partition coefficient (Wildman–Crippen LogP) is 2.70. The van der Waals surface area contributed by atoms with Crippen LogP contribution in [0.5, 0.6) is 0 Å². The van der Waals surface area contributed by atoms with Gasteiger partial charge in [0.25, 0.3) is 0 Å². The molecule has 0 amide bonds. The van der Waals surface area contributed by atoms with E-state index in [0.717, 1.165) is 22.3 Å². The van der Waals surface area contributed by atoms with Crippen LogP contribution in [0.1, 0.15) is 45.7 Å². The predicted molar refractivity (Wildman–Crippen MR) is 88.7 cm³/mol. The average molecular weight is 298 g/mol. The number of carbonyl (C=O) groups is 2. The normalized spacial score (nSPS) is 9.64. The van der Waals surface area contributed by atoms with E-state index in [1.165, 1.54) is 0 Å². The fraction of sp³-hybridized carbons (Fsp3) is 0.222. The van der Waals surface area contributed by atoms with Crippen molar-refractivity contribution in [1.29, 1.82) is 0 Å². The van der Waals surface area contributed by atoms with Gasteiger partial charge in [-0.3, -0.25) is 9.59 Å². The summed E-state index contributed by atoms with van der Waals surface area (Å²) < 4.78 is 0. The van der Waals surface area contributed by atoms with Crippen molar-refractivity contribution in [3.8, 4) is 0 Å². The fourth-order valence-corrected chi connectivity index (χ4v) is 2.08. The third-order valence-electron chi connectivity index (χ3n) is 3.23. The van der Waals surface area contributed by atoms with Gasteiger partial charge in [-0.05, 0) is 25.0 Å². The van der Waals surface area contributed by atoms with Crippen LogP contribution < -0.4 is 11.5 Å². The zero-order valence-corrected chi connectivity index (χ0v) is 13.0. The molecule has 0 saturated heterocycles. The van der Waals surface area contributed by atoms with Crippen molar-refractivity contribution < 1.29 is 9.59 Å². The summed E-state index contributed by atoms with van der Waals surface area (Å²) in [5, 5.41) is 0. The smallest absolute Gasteiger partial charge is 0.160 e. The molecule has 4 nitrogen and oxygen atoms in total. The third kappa shape index (κ3) is 4.91. The van der Waals surface area contributed by atoms with Gasteiger partial charge < -0.3 is 11.5 Å². The molecular formula is C18H22N2O2. The van der Waals surface area contributed by atoms with Gasteiger partial charge in [0, 0.05) is 24.2 Å². The van der Waals surface area contributed by atoms with Gasteiger partial charge in [-0.15, -0.1) is 0 Å². The molecule has 22 heavy (non-hydrogen) atoms. The molecule has 2 aromatic carbocycles. The second kappa shape index (κ2) is 8.87. The van der Waals surface area contributed by atoms with E-state index in [9.17, 15) is 9.59 Å². The maximum atomic E-state index is 11.0. The minimum atomic E-state index is 0.0750. The summed E-state index contributed by atoms with van der Waals surface area (Å²) in [6, 6.07) is 14.8. The summed E-state index contributed by atoms with van der Waals surface area (Å²) in [5.74, 6) is 0.150. The van der Waals surface area contributed by atoms with Crippen LogP contribution >= 0.6 is 0 Å². The van der Waals surface area contributed by atoms with E-state index >= 15 is 0 Å². The first kappa shape index (κ1) is 17.8. The molecular weight excluding hydrogens is 276 g/mol. The van der Waals surface area contributed by atoms with Crippen LogP contribution in [0.4, 0.5) is 0 Å². The largest absolute Gasteiger partial charge is 0.326 e. The SMILES string of the molecule is CC(=O)c1ccccc1CN.CC(=O)c1ccccc1CN. The quantitative estimate of drug-likeness (QED) is 0.850. The van der Waals surface area contributed by atoms with Gasteiger partial charge in [0.1, 0.15) is 0 Å². The molecule has 0 aliphatic rings. The first-order chi connectivity index (χ1) is 10.5. The molecule has 0 radical (unpaired) electrons. The van der Waals surface area contributed by atoms with Crippen molar-refractivity contribution in [3.63, 3.8) is 0 Å². The lowest BCUT2D eigenvalue weighted by Crippen LogP contribution is -2.04. The van der Waals surface area contributed by atoms with Gasteiger partial charge in [-0.2, -0.15) is 0 Å². The highest BCUT2D eigenvalue weighted by molar-refractivity contribution is 5.95. The molecule has 2 rings (SSSR count). The van der Waals surface area contributed by atoms with E-state index < -0.39 is 0 Å². The van der Waals surface area contributed by atoms with Crippen LogP contribution in [0.3, 0.4) is 0 Å². The Morgan fingerprint density at radius 3 is 1.27 bits per heavy atom. The summed E-state index contributed by atoms with van der Waals surface area (Å²) in [4.78, 5) is 21.9. The average Bonchev–Trinajstić information content (AvgIpc) is 2.55. The minimum absolute atomic E-state index is 0.0750. The number of Topliss-reactive ketones (excluding diaryl/α,β-unsaturated/α-hetero) is 2. The Hall–Kier alpha value is -2.30. The molecule has 4 N–H and O–H groups in total. The monoisotopic (exact) mass is 298 g/mol. The van der Waals surface area contributed by atoms with Crippen LogP contribution in [0.25, 0.3) is 0 Å². The maximum absolute atomic E-state index is 11.0. The van der Waals surface area contributed by atoms with Gasteiger partial charge in [-0.1, -0.05) is 48.5 Å². The molecule has 0 atom stereocenters. The molecule has 2 aromatic rings. The first-order valence-corrected chi connectivity index (χ1v) is 7.09. The summed E-state index contributed by atoms with van der Waals surface area (Å²) in [7, 11) is 0. The number of rotatable bonds is 4. The third-order valence-corrected chi connectivity index (χ3v) is 3.23. The Kier molecular flexibility index (Phi) is 7.16. The van der Waals surface area contributed by atoms with Crippen molar-refractivity contribution in [1.82, 2.24) is 0 Å². The molecule has 0 aromatic heterocycles. The molecule has 116 valence electrons. The Labute approximate surface area is 131 Å². The summed E-state index contributed by atoms with van der Waals surface area (Å²) in [5.41, 5.74) is 14.2. The van der Waals surface area contributed by atoms with E-state index in [2.05, 4.69) is 0 Å². The number of benzene rings is 2. The van der Waals surface area contributed by atoms with Crippen molar-refractivity contribution in [3.05, 3.63) is 70.8 Å². The highest BCUT2D eigenvalue weighted by Crippen LogP contribution is 2.08. The first-order valence-electron chi connectivity index (χ1n) is 7.09. The molecule has 0 saturated carbocycles. The van der Waals surface area contributed by atoms with E-state index in [1.54, 1.807) is 26.0 Å². The van der Waals surface area contributed by atoms with Gasteiger partial charge >= 0.3 is 0 Å². The second-order valence-electron chi connectivity index (χ2n) is 4.83. The van der Waals surface area contributed by atoms with Crippen LogP contribution in [0.15, 0.2) is 48.5 Å². The van der Waals surface area contributed by atoms with Gasteiger partial charge in [-0.25, -0.2) is 0 Å². The Morgan fingerprint density at radius 1 is 0.727 bits per heavy atom. The molecule has 0 heterocycles. The van der Waals surface area contributed by atoms with E-state index in [4.69, 9.17) is 11.5 Å². The van der Waals surface area contributed by atoms with Gasteiger partial charge in [0.15, 0.2) is 11.6 Å². The fourth-order valence-electron chi connectivity index (χ4n) is 2.08. The zero-order valence-electron chi connectivity index (χ0n) is 13.0. The van der Waals surface area contributed by atoms with Crippen LogP contribution in [-0.2, 0) is 13.1 Å². The van der Waals surface area contributed by atoms with Gasteiger partial charge in [0.05, 0.1) is 0 Å². The van der Waals surface area contributed by atoms with Crippen molar-refractivity contribution >= 4 is 11.6 Å². The van der Waals surface area contributed by atoms with E-state index in [-0.39, 0.29) is 11.6 Å². The topological polar surface area (TPSA) is 86.2 Å². The highest BCUT2D eigenvalue weighted by Gasteiger charge is 2.03. The van der Waals surface area contributed by atoms with Crippen LogP contribution in [0, 0.1) is 0 Å². The number of hydrogen-bond acceptors (Lipinski definition) is 4. The van der Waals surface area contributed by atoms with Crippen molar-refractivity contribution in [2.24, 2.45) is 11.5 Å². The summed E-state index contributed by atoms with van der Waals surface area (Å²) >= 11 is 0. The molecule has 0 fully saturated rings. The number of hydrogen-bond donors (Lipinski definition) is 2. The Morgan fingerprint density at radius 2 is 1.05 bits per heavy atom. The lowest BCUT2D eigenvalue weighted by molar-refractivity contribution is 0.100. The van der Waals surface area contributed by atoms with Crippen LogP contribution in [0.2, 0.25) is 0 Å². The Bertz CT molecular complexity index is 594. The van der Waals surface area contributed by atoms with Crippen LogP contribution in [-0.4, -0.2) is 11.6 Å². The molecule has 0 aliphatic carbocycles. The van der Waals surface area contributed by atoms with Crippen molar-refractivity contribution in [2.45, 2.75) is 26.9 Å². The van der Waals surface area contributed by atoms with Gasteiger partial charge in [0.2, 0.25) is 0 Å². The maximum Gasteiger partial charge on any atom is 0.160 e. The highest BCUT2D eigenvalue weighted by atomic mass is 16.1. The molecule has 0 bridgehead atoms. The molecule has 4 heteroatoms. The number of ketones is 2. The summed E-state index contributed by atoms with van der Waals surface area (Å²) in [6.45, 7) is 3.95. The Balaban J connectivity index is 0.000000220.